The van der Waals surface area contributed by atoms with E-state index in [4.69, 9.17) is 18.0 Å². The fourth-order valence-corrected chi connectivity index (χ4v) is 3.35. The van der Waals surface area contributed by atoms with E-state index >= 15 is 0 Å². The van der Waals surface area contributed by atoms with E-state index in [0.29, 0.717) is 4.99 Å². The summed E-state index contributed by atoms with van der Waals surface area (Å²) in [6.07, 6.45) is 0. The van der Waals surface area contributed by atoms with Crippen LogP contribution >= 0.6 is 12.2 Å². The molecule has 0 radical (unpaired) electrons. The summed E-state index contributed by atoms with van der Waals surface area (Å²) >= 11 is 5.25. The van der Waals surface area contributed by atoms with Gasteiger partial charge in [-0.2, -0.15) is 0 Å². The monoisotopic (exact) mass is 304 g/mol. The van der Waals surface area contributed by atoms with Crippen LogP contribution in [-0.2, 0) is 0 Å². The third-order valence-corrected chi connectivity index (χ3v) is 4.59. The number of nitrogens with one attached hydrogen (secondary N) is 1. The Morgan fingerprint density at radius 3 is 2.86 bits per heavy atom. The number of carbonyl (C=O) groups is 1. The largest absolute Gasteiger partial charge is 0.393 e. The Morgan fingerprint density at radius 2 is 2.14 bits per heavy atom. The summed E-state index contributed by atoms with van der Waals surface area (Å²) < 4.78 is 0. The average molecular weight is 304 g/mol. The van der Waals surface area contributed by atoms with Gasteiger partial charge in [0, 0.05) is 38.6 Å². The van der Waals surface area contributed by atoms with Gasteiger partial charge in [0.25, 0.3) is 0 Å². The molecule has 1 aromatic carbocycles. The molecule has 2 fully saturated rings. The first-order chi connectivity index (χ1) is 10.1. The van der Waals surface area contributed by atoms with Gasteiger partial charge in [0.05, 0.1) is 11.0 Å². The van der Waals surface area contributed by atoms with E-state index in [-0.39, 0.29) is 18.0 Å². The number of amides is 2. The maximum atomic E-state index is 11.6. The molecule has 0 bridgehead atoms. The van der Waals surface area contributed by atoms with Crippen LogP contribution in [0.5, 0.6) is 0 Å². The average Bonchev–Trinajstić information content (AvgIpc) is 2.86. The maximum Gasteiger partial charge on any atom is 0.317 e. The highest BCUT2D eigenvalue weighted by molar-refractivity contribution is 7.80. The Balaban J connectivity index is 1.67. The van der Waals surface area contributed by atoms with Gasteiger partial charge in [0.2, 0.25) is 0 Å². The minimum atomic E-state index is 0.0635. The molecule has 2 unspecified atom stereocenters. The molecule has 2 heterocycles. The Labute approximate surface area is 130 Å². The second kappa shape index (κ2) is 5.99. The fraction of sp³-hybridized carbons (Fsp3) is 0.467. The molecule has 2 aliphatic rings. The zero-order valence-electron chi connectivity index (χ0n) is 11.9. The Bertz CT molecular complexity index is 536. The Hall–Kier alpha value is -1.66. The molecular formula is C15H20N4OS. The lowest BCUT2D eigenvalue weighted by molar-refractivity contribution is 0.120. The van der Waals surface area contributed by atoms with Crippen LogP contribution in [0.25, 0.3) is 0 Å². The van der Waals surface area contributed by atoms with Gasteiger partial charge in [0.1, 0.15) is 0 Å². The minimum Gasteiger partial charge on any atom is -0.393 e. The van der Waals surface area contributed by atoms with Crippen molar-refractivity contribution in [3.63, 3.8) is 0 Å². The van der Waals surface area contributed by atoms with E-state index < -0.39 is 0 Å². The van der Waals surface area contributed by atoms with Crippen molar-refractivity contribution in [2.45, 2.75) is 12.0 Å². The third-order valence-electron chi connectivity index (χ3n) is 4.30. The molecule has 2 atom stereocenters. The number of benzene rings is 1. The molecule has 2 amide bonds. The third kappa shape index (κ3) is 3.01. The number of hydrogen-bond donors (Lipinski definition) is 2. The lowest BCUT2D eigenvalue weighted by atomic mass is 9.98. The smallest absolute Gasteiger partial charge is 0.317 e. The summed E-state index contributed by atoms with van der Waals surface area (Å²) in [4.78, 5) is 16.4. The van der Waals surface area contributed by atoms with Crippen LogP contribution in [0, 0.1) is 0 Å². The normalized spacial score (nSPS) is 23.5. The van der Waals surface area contributed by atoms with Crippen LogP contribution in [0.2, 0.25) is 0 Å². The quantitative estimate of drug-likeness (QED) is 0.807. The molecule has 2 aliphatic heterocycles. The van der Waals surface area contributed by atoms with Gasteiger partial charge in [-0.05, 0) is 5.56 Å². The van der Waals surface area contributed by atoms with Crippen LogP contribution in [0.1, 0.15) is 11.5 Å². The van der Waals surface area contributed by atoms with Gasteiger partial charge in [0.15, 0.2) is 0 Å². The number of rotatable bonds is 4. The summed E-state index contributed by atoms with van der Waals surface area (Å²) in [5, 5.41) is 2.90. The number of nitrogens with two attached hydrogens (primary N) is 1. The summed E-state index contributed by atoms with van der Waals surface area (Å²) in [5.74, 6) is 0.0674. The molecule has 112 valence electrons. The van der Waals surface area contributed by atoms with Crippen LogP contribution < -0.4 is 11.1 Å². The van der Waals surface area contributed by atoms with Gasteiger partial charge in [-0.1, -0.05) is 42.5 Å². The first-order valence-electron chi connectivity index (χ1n) is 7.26. The highest BCUT2D eigenvalue weighted by atomic mass is 32.1. The fourth-order valence-electron chi connectivity index (χ4n) is 3.14. The van der Waals surface area contributed by atoms with Gasteiger partial charge >= 0.3 is 6.03 Å². The van der Waals surface area contributed by atoms with Crippen molar-refractivity contribution in [2.75, 3.05) is 32.7 Å². The van der Waals surface area contributed by atoms with Crippen molar-refractivity contribution < 1.29 is 4.79 Å². The zero-order chi connectivity index (χ0) is 14.8. The number of urea groups is 1. The predicted molar refractivity (Wildman–Crippen MR) is 86.3 cm³/mol. The lowest BCUT2D eigenvalue weighted by Crippen LogP contribution is -2.53. The minimum absolute atomic E-state index is 0.0635. The second-order valence-electron chi connectivity index (χ2n) is 5.66. The first-order valence-corrected chi connectivity index (χ1v) is 7.67. The molecule has 5 nitrogen and oxygen atoms in total. The van der Waals surface area contributed by atoms with Crippen molar-refractivity contribution in [2.24, 2.45) is 5.73 Å². The van der Waals surface area contributed by atoms with E-state index in [1.54, 1.807) is 0 Å². The molecular weight excluding hydrogens is 284 g/mol. The van der Waals surface area contributed by atoms with Crippen molar-refractivity contribution in [1.82, 2.24) is 15.1 Å². The van der Waals surface area contributed by atoms with E-state index in [2.05, 4.69) is 22.3 Å². The zero-order valence-corrected chi connectivity index (χ0v) is 12.7. The maximum absolute atomic E-state index is 11.6. The molecule has 0 aliphatic carbocycles. The van der Waals surface area contributed by atoms with Gasteiger partial charge < -0.3 is 16.0 Å². The second-order valence-corrected chi connectivity index (χ2v) is 6.13. The van der Waals surface area contributed by atoms with Crippen molar-refractivity contribution in [3.05, 3.63) is 35.9 Å². The summed E-state index contributed by atoms with van der Waals surface area (Å²) in [6, 6.07) is 10.5. The molecule has 0 saturated carbocycles. The van der Waals surface area contributed by atoms with E-state index in [9.17, 15) is 4.79 Å². The topological polar surface area (TPSA) is 61.6 Å². The summed E-state index contributed by atoms with van der Waals surface area (Å²) in [7, 11) is 0. The SMILES string of the molecule is NC(=S)C(CN1CCN2C(=O)NCC2C1)c1ccccc1. The van der Waals surface area contributed by atoms with E-state index in [1.165, 1.54) is 0 Å². The van der Waals surface area contributed by atoms with Crippen LogP contribution in [0.4, 0.5) is 4.79 Å². The van der Waals surface area contributed by atoms with Crippen LogP contribution in [0.3, 0.4) is 0 Å². The first kappa shape index (κ1) is 14.3. The van der Waals surface area contributed by atoms with Gasteiger partial charge in [-0.3, -0.25) is 4.90 Å². The molecule has 0 spiro atoms. The highest BCUT2D eigenvalue weighted by Gasteiger charge is 2.36. The summed E-state index contributed by atoms with van der Waals surface area (Å²) in [5.41, 5.74) is 7.10. The molecule has 3 N–H and O–H groups in total. The molecule has 1 aromatic rings. The number of carbonyl (C=O) groups excluding carboxylic acids is 1. The van der Waals surface area contributed by atoms with Gasteiger partial charge in [-0.25, -0.2) is 4.79 Å². The highest BCUT2D eigenvalue weighted by Crippen LogP contribution is 2.21. The molecule has 6 heteroatoms. The number of hydrogen-bond acceptors (Lipinski definition) is 3. The predicted octanol–water partition coefficient (Wildman–Crippen LogP) is 0.766. The van der Waals surface area contributed by atoms with Crippen molar-refractivity contribution >= 4 is 23.2 Å². The number of nitrogens with zero attached hydrogens (tertiary/aromatic N) is 2. The van der Waals surface area contributed by atoms with Crippen LogP contribution in [0.15, 0.2) is 30.3 Å². The number of fused-ring (bicyclic) bond motifs is 1. The number of thiocarbonyl (C=S) groups is 1. The summed E-state index contributed by atoms with van der Waals surface area (Å²) in [6.45, 7) is 4.08. The van der Waals surface area contributed by atoms with Crippen LogP contribution in [-0.4, -0.2) is 59.6 Å². The molecule has 0 aromatic heterocycles. The molecule has 2 saturated heterocycles. The van der Waals surface area contributed by atoms with E-state index in [0.717, 1.165) is 38.3 Å². The number of piperazine rings is 1. The van der Waals surface area contributed by atoms with Gasteiger partial charge in [-0.15, -0.1) is 0 Å². The molecule has 21 heavy (non-hydrogen) atoms. The van der Waals surface area contributed by atoms with Crippen molar-refractivity contribution in [3.8, 4) is 0 Å². The lowest BCUT2D eigenvalue weighted by Gasteiger charge is -2.38. The van der Waals surface area contributed by atoms with E-state index in [1.807, 2.05) is 23.1 Å². The van der Waals surface area contributed by atoms with Crippen molar-refractivity contribution in [1.29, 1.82) is 0 Å². The Morgan fingerprint density at radius 1 is 1.38 bits per heavy atom. The standard InChI is InChI=1S/C15H20N4OS/c16-14(21)13(11-4-2-1-3-5-11)10-18-6-7-19-12(9-18)8-17-15(19)20/h1-5,12-13H,6-10H2,(H2,16,21)(H,17,20). The molecule has 3 rings (SSSR count). The Kier molecular flexibility index (Phi) is 4.07.